The second kappa shape index (κ2) is 9.54. The molecule has 0 bridgehead atoms. The van der Waals surface area contributed by atoms with E-state index in [1.165, 1.54) is 0 Å². The van der Waals surface area contributed by atoms with Crippen LogP contribution in [0.2, 0.25) is 0 Å². The monoisotopic (exact) mass is 473 g/mol. The van der Waals surface area contributed by atoms with Gasteiger partial charge in [-0.3, -0.25) is 14.8 Å². The smallest absolute Gasteiger partial charge is 0.325 e. The fraction of sp³-hybridized carbons (Fsp3) is 0.370. The van der Waals surface area contributed by atoms with E-state index < -0.39 is 0 Å². The van der Waals surface area contributed by atoms with Crippen LogP contribution in [0.5, 0.6) is 0 Å². The van der Waals surface area contributed by atoms with Gasteiger partial charge in [-0.1, -0.05) is 24.3 Å². The van der Waals surface area contributed by atoms with Crippen LogP contribution in [0.25, 0.3) is 11.1 Å². The Bertz CT molecular complexity index is 1180. The lowest BCUT2D eigenvalue weighted by Crippen LogP contribution is -2.50. The zero-order valence-corrected chi connectivity index (χ0v) is 20.2. The van der Waals surface area contributed by atoms with Crippen LogP contribution in [0.15, 0.2) is 60.9 Å². The van der Waals surface area contributed by atoms with E-state index in [0.717, 1.165) is 35.2 Å². The number of hydrogen-bond acceptors (Lipinski definition) is 4. The van der Waals surface area contributed by atoms with Gasteiger partial charge >= 0.3 is 6.03 Å². The Balaban J connectivity index is 1.41. The molecule has 2 fully saturated rings. The van der Waals surface area contributed by atoms with Crippen molar-refractivity contribution in [3.05, 3.63) is 72.1 Å². The van der Waals surface area contributed by atoms with Gasteiger partial charge in [-0.05, 0) is 62.1 Å². The zero-order valence-electron chi connectivity index (χ0n) is 20.2. The molecule has 0 aliphatic carbocycles. The van der Waals surface area contributed by atoms with Crippen molar-refractivity contribution in [1.29, 1.82) is 0 Å². The molecule has 3 amide bonds. The second-order valence-corrected chi connectivity index (χ2v) is 9.65. The SMILES string of the molecule is CC(C)NC(=O)c1cccc(CN2C(=O)N(c3ccc(-c4cn[nH]c4)cc3)CC23CCOCC3)c1. The summed E-state index contributed by atoms with van der Waals surface area (Å²) in [4.78, 5) is 30.2. The summed E-state index contributed by atoms with van der Waals surface area (Å²) >= 11 is 0. The molecule has 2 saturated heterocycles. The van der Waals surface area contributed by atoms with E-state index in [0.29, 0.717) is 31.9 Å². The molecule has 0 saturated carbocycles. The third-order valence-corrected chi connectivity index (χ3v) is 6.87. The summed E-state index contributed by atoms with van der Waals surface area (Å²) in [6.07, 6.45) is 5.21. The van der Waals surface area contributed by atoms with Crippen molar-refractivity contribution < 1.29 is 14.3 Å². The second-order valence-electron chi connectivity index (χ2n) is 9.65. The van der Waals surface area contributed by atoms with Crippen LogP contribution in [-0.4, -0.2) is 58.4 Å². The van der Waals surface area contributed by atoms with Gasteiger partial charge in [-0.2, -0.15) is 5.10 Å². The summed E-state index contributed by atoms with van der Waals surface area (Å²) in [7, 11) is 0. The minimum absolute atomic E-state index is 0.0139. The molecule has 0 radical (unpaired) electrons. The number of amides is 3. The van der Waals surface area contributed by atoms with Gasteiger partial charge in [-0.15, -0.1) is 0 Å². The van der Waals surface area contributed by atoms with Crippen molar-refractivity contribution >= 4 is 17.6 Å². The van der Waals surface area contributed by atoms with Gasteiger partial charge in [0.15, 0.2) is 0 Å². The predicted octanol–water partition coefficient (Wildman–Crippen LogP) is 4.21. The number of benzene rings is 2. The molecule has 8 nitrogen and oxygen atoms in total. The van der Waals surface area contributed by atoms with Crippen molar-refractivity contribution in [3.63, 3.8) is 0 Å². The average Bonchev–Trinajstić information content (AvgIpc) is 3.49. The number of rotatable bonds is 6. The van der Waals surface area contributed by atoms with E-state index in [1.807, 2.05) is 78.4 Å². The zero-order chi connectivity index (χ0) is 24.4. The first-order valence-electron chi connectivity index (χ1n) is 12.1. The fourth-order valence-corrected chi connectivity index (χ4v) is 4.99. The van der Waals surface area contributed by atoms with Gasteiger partial charge in [0.05, 0.1) is 18.3 Å². The Morgan fingerprint density at radius 3 is 2.60 bits per heavy atom. The van der Waals surface area contributed by atoms with Crippen LogP contribution in [0.3, 0.4) is 0 Å². The molecular formula is C27H31N5O3. The van der Waals surface area contributed by atoms with Crippen LogP contribution >= 0.6 is 0 Å². The Kier molecular flexibility index (Phi) is 6.30. The van der Waals surface area contributed by atoms with E-state index in [2.05, 4.69) is 15.5 Å². The number of urea groups is 1. The van der Waals surface area contributed by atoms with E-state index in [4.69, 9.17) is 4.74 Å². The maximum absolute atomic E-state index is 13.8. The summed E-state index contributed by atoms with van der Waals surface area (Å²) in [6, 6.07) is 15.6. The van der Waals surface area contributed by atoms with Gasteiger partial charge in [0.2, 0.25) is 0 Å². The highest BCUT2D eigenvalue weighted by Crippen LogP contribution is 2.39. The van der Waals surface area contributed by atoms with Crippen molar-refractivity contribution in [1.82, 2.24) is 20.4 Å². The molecular weight excluding hydrogens is 442 g/mol. The topological polar surface area (TPSA) is 90.6 Å². The highest BCUT2D eigenvalue weighted by atomic mass is 16.5. The van der Waals surface area contributed by atoms with Gasteiger partial charge in [0.1, 0.15) is 0 Å². The minimum Gasteiger partial charge on any atom is -0.381 e. The number of carbonyl (C=O) groups is 2. The van der Waals surface area contributed by atoms with E-state index in [1.54, 1.807) is 6.20 Å². The van der Waals surface area contributed by atoms with Gasteiger partial charge in [0.25, 0.3) is 5.91 Å². The summed E-state index contributed by atoms with van der Waals surface area (Å²) in [5.41, 5.74) is 4.18. The lowest BCUT2D eigenvalue weighted by Gasteiger charge is -2.40. The van der Waals surface area contributed by atoms with Crippen molar-refractivity contribution in [2.45, 2.75) is 44.8 Å². The summed E-state index contributed by atoms with van der Waals surface area (Å²) in [5, 5.41) is 9.79. The Morgan fingerprint density at radius 2 is 1.91 bits per heavy atom. The number of carbonyl (C=O) groups excluding carboxylic acids is 2. The number of aromatic nitrogens is 2. The van der Waals surface area contributed by atoms with Crippen molar-refractivity contribution in [2.75, 3.05) is 24.7 Å². The third kappa shape index (κ3) is 4.66. The number of nitrogens with zero attached hydrogens (tertiary/aromatic N) is 3. The lowest BCUT2D eigenvalue weighted by atomic mass is 9.88. The standard InChI is InChI=1S/C27H31N5O3/c1-19(2)30-25(33)22-5-3-4-20(14-22)17-32-26(34)31(18-27(32)10-12-35-13-11-27)24-8-6-21(7-9-24)23-15-28-29-16-23/h3-9,14-16,19H,10-13,17-18H2,1-2H3,(H,28,29)(H,30,33). The first-order valence-corrected chi connectivity index (χ1v) is 12.1. The Morgan fingerprint density at radius 1 is 1.14 bits per heavy atom. The molecule has 3 aromatic rings. The molecule has 8 heteroatoms. The number of ether oxygens (including phenoxy) is 1. The van der Waals surface area contributed by atoms with Gasteiger partial charge < -0.3 is 15.0 Å². The number of anilines is 1. The molecule has 3 heterocycles. The largest absolute Gasteiger partial charge is 0.381 e. The van der Waals surface area contributed by atoms with E-state index >= 15 is 0 Å². The first kappa shape index (κ1) is 23.1. The van der Waals surface area contributed by atoms with E-state index in [9.17, 15) is 9.59 Å². The van der Waals surface area contributed by atoms with Gasteiger partial charge in [0, 0.05) is 48.8 Å². The molecule has 35 heavy (non-hydrogen) atoms. The van der Waals surface area contributed by atoms with Crippen LogP contribution in [0.4, 0.5) is 10.5 Å². The molecule has 1 spiro atoms. The molecule has 2 aromatic carbocycles. The molecule has 2 aliphatic heterocycles. The van der Waals surface area contributed by atoms with Crippen LogP contribution < -0.4 is 10.2 Å². The molecule has 0 atom stereocenters. The number of H-pyrrole nitrogens is 1. The normalized spacial score (nSPS) is 17.4. The van der Waals surface area contributed by atoms with Crippen LogP contribution in [-0.2, 0) is 11.3 Å². The van der Waals surface area contributed by atoms with Crippen LogP contribution in [0, 0.1) is 0 Å². The highest BCUT2D eigenvalue weighted by molar-refractivity contribution is 5.96. The molecule has 0 unspecified atom stereocenters. The number of aromatic amines is 1. The molecule has 2 N–H and O–H groups in total. The predicted molar refractivity (Wildman–Crippen MR) is 134 cm³/mol. The van der Waals surface area contributed by atoms with Crippen molar-refractivity contribution in [2.24, 2.45) is 0 Å². The summed E-state index contributed by atoms with van der Waals surface area (Å²) in [6.45, 7) is 6.21. The van der Waals surface area contributed by atoms with E-state index in [-0.39, 0.29) is 23.5 Å². The van der Waals surface area contributed by atoms with Crippen molar-refractivity contribution in [3.8, 4) is 11.1 Å². The van der Waals surface area contributed by atoms with Gasteiger partial charge in [-0.25, -0.2) is 4.79 Å². The average molecular weight is 474 g/mol. The highest BCUT2D eigenvalue weighted by Gasteiger charge is 2.50. The number of nitrogens with one attached hydrogen (secondary N) is 2. The fourth-order valence-electron chi connectivity index (χ4n) is 4.99. The summed E-state index contributed by atoms with van der Waals surface area (Å²) < 4.78 is 5.66. The molecule has 1 aromatic heterocycles. The minimum atomic E-state index is -0.297. The first-order chi connectivity index (χ1) is 16.9. The Labute approximate surface area is 205 Å². The molecule has 182 valence electrons. The third-order valence-electron chi connectivity index (χ3n) is 6.87. The maximum atomic E-state index is 13.8. The van der Waals surface area contributed by atoms with Crippen LogP contribution in [0.1, 0.15) is 42.6 Å². The summed E-state index contributed by atoms with van der Waals surface area (Å²) in [5.74, 6) is -0.102. The maximum Gasteiger partial charge on any atom is 0.325 e. The Hall–Kier alpha value is -3.65. The quantitative estimate of drug-likeness (QED) is 0.561. The molecule has 5 rings (SSSR count). The number of hydrogen-bond donors (Lipinski definition) is 2. The lowest BCUT2D eigenvalue weighted by molar-refractivity contribution is 0.00611. The molecule has 2 aliphatic rings.